The molecule has 6 heteroatoms. The summed E-state index contributed by atoms with van der Waals surface area (Å²) in [5, 5.41) is 2.67. The van der Waals surface area contributed by atoms with Crippen LogP contribution in [0.5, 0.6) is 0 Å². The van der Waals surface area contributed by atoms with Crippen LogP contribution in [-0.4, -0.2) is 57.9 Å². The van der Waals surface area contributed by atoms with E-state index in [0.717, 1.165) is 6.54 Å². The van der Waals surface area contributed by atoms with Gasteiger partial charge in [0.05, 0.1) is 11.9 Å². The van der Waals surface area contributed by atoms with E-state index >= 15 is 0 Å². The Labute approximate surface area is 112 Å². The molecule has 0 aromatic rings. The zero-order valence-electron chi connectivity index (χ0n) is 12.3. The zero-order chi connectivity index (χ0) is 14.2. The zero-order valence-corrected chi connectivity index (χ0v) is 13.1. The lowest BCUT2D eigenvalue weighted by atomic mass is 10.2. The van der Waals surface area contributed by atoms with E-state index in [-0.39, 0.29) is 0 Å². The van der Waals surface area contributed by atoms with Gasteiger partial charge in [0.15, 0.2) is 0 Å². The molecule has 0 spiro atoms. The van der Waals surface area contributed by atoms with Crippen molar-refractivity contribution in [3.05, 3.63) is 0 Å². The number of nitrogens with zero attached hydrogens (tertiary/aromatic N) is 1. The second-order valence-electron chi connectivity index (χ2n) is 4.91. The predicted octanol–water partition coefficient (Wildman–Crippen LogP) is 0.919. The summed E-state index contributed by atoms with van der Waals surface area (Å²) in [4.78, 5) is 0. The van der Waals surface area contributed by atoms with Crippen molar-refractivity contribution in [1.82, 2.24) is 9.62 Å². The molecule has 5 nitrogen and oxygen atoms in total. The highest BCUT2D eigenvalue weighted by molar-refractivity contribution is 7.89. The molecule has 0 heterocycles. The Balaban J connectivity index is 4.71. The van der Waals surface area contributed by atoms with Crippen molar-refractivity contribution < 1.29 is 13.2 Å². The standard InChI is InChI=1S/C12H28N2O3S/c1-6-13-9-12(4)18(15,16)14(7-8-17-5)10-11(2)3/h11-13H,6-10H2,1-5H3. The molecule has 110 valence electrons. The lowest BCUT2D eigenvalue weighted by Crippen LogP contribution is -2.44. The average Bonchev–Trinajstić information content (AvgIpc) is 2.30. The van der Waals surface area contributed by atoms with Gasteiger partial charge in [-0.2, -0.15) is 4.31 Å². The van der Waals surface area contributed by atoms with Crippen molar-refractivity contribution in [2.75, 3.05) is 39.9 Å². The molecule has 0 radical (unpaired) electrons. The molecule has 0 rings (SSSR count). The maximum Gasteiger partial charge on any atom is 0.218 e. The van der Waals surface area contributed by atoms with Gasteiger partial charge in [0.1, 0.15) is 0 Å². The van der Waals surface area contributed by atoms with Crippen LogP contribution in [0, 0.1) is 5.92 Å². The van der Waals surface area contributed by atoms with Crippen molar-refractivity contribution in [1.29, 1.82) is 0 Å². The van der Waals surface area contributed by atoms with Gasteiger partial charge in [-0.15, -0.1) is 0 Å². The minimum absolute atomic E-state index is 0.308. The van der Waals surface area contributed by atoms with Gasteiger partial charge in [-0.25, -0.2) is 8.42 Å². The van der Waals surface area contributed by atoms with Gasteiger partial charge in [0, 0.05) is 26.7 Å². The SMILES string of the molecule is CCNCC(C)S(=O)(=O)N(CCOC)CC(C)C. The summed E-state index contributed by atoms with van der Waals surface area (Å²) >= 11 is 0. The fourth-order valence-corrected chi connectivity index (χ4v) is 3.30. The third-order valence-electron chi connectivity index (χ3n) is 2.66. The summed E-state index contributed by atoms with van der Waals surface area (Å²) < 4.78 is 31.3. The molecule has 1 atom stereocenters. The van der Waals surface area contributed by atoms with E-state index < -0.39 is 15.3 Å². The number of rotatable bonds is 10. The topological polar surface area (TPSA) is 58.6 Å². The lowest BCUT2D eigenvalue weighted by Gasteiger charge is -2.27. The second-order valence-corrected chi connectivity index (χ2v) is 7.26. The monoisotopic (exact) mass is 280 g/mol. The van der Waals surface area contributed by atoms with Crippen molar-refractivity contribution in [2.24, 2.45) is 5.92 Å². The van der Waals surface area contributed by atoms with Crippen LogP contribution in [0.15, 0.2) is 0 Å². The molecule has 0 saturated carbocycles. The Morgan fingerprint density at radius 2 is 1.89 bits per heavy atom. The number of nitrogens with one attached hydrogen (secondary N) is 1. The molecular formula is C12H28N2O3S. The predicted molar refractivity (Wildman–Crippen MR) is 75.2 cm³/mol. The largest absolute Gasteiger partial charge is 0.383 e. The fourth-order valence-electron chi connectivity index (χ4n) is 1.63. The smallest absolute Gasteiger partial charge is 0.218 e. The Hall–Kier alpha value is -0.170. The minimum atomic E-state index is -3.25. The van der Waals surface area contributed by atoms with E-state index in [0.29, 0.717) is 32.2 Å². The maximum atomic E-state index is 12.4. The maximum absolute atomic E-state index is 12.4. The normalized spacial score (nSPS) is 14.4. The van der Waals surface area contributed by atoms with Gasteiger partial charge < -0.3 is 10.1 Å². The first kappa shape index (κ1) is 17.8. The van der Waals surface area contributed by atoms with E-state index in [1.54, 1.807) is 18.3 Å². The van der Waals surface area contributed by atoms with E-state index in [4.69, 9.17) is 4.74 Å². The van der Waals surface area contributed by atoms with E-state index in [1.807, 2.05) is 20.8 Å². The molecule has 1 unspecified atom stereocenters. The second kappa shape index (κ2) is 8.85. The first-order chi connectivity index (χ1) is 8.36. The van der Waals surface area contributed by atoms with Gasteiger partial charge in [0.2, 0.25) is 10.0 Å². The van der Waals surface area contributed by atoms with Crippen LogP contribution >= 0.6 is 0 Å². The third-order valence-corrected chi connectivity index (χ3v) is 4.90. The van der Waals surface area contributed by atoms with Gasteiger partial charge in [-0.3, -0.25) is 0 Å². The summed E-state index contributed by atoms with van der Waals surface area (Å²) in [6.45, 7) is 10.4. The molecule has 18 heavy (non-hydrogen) atoms. The number of hydrogen-bond acceptors (Lipinski definition) is 4. The molecule has 0 aromatic carbocycles. The highest BCUT2D eigenvalue weighted by Crippen LogP contribution is 2.11. The van der Waals surface area contributed by atoms with Crippen LogP contribution < -0.4 is 5.32 Å². The van der Waals surface area contributed by atoms with Gasteiger partial charge in [0.25, 0.3) is 0 Å². The van der Waals surface area contributed by atoms with Crippen molar-refractivity contribution in [3.8, 4) is 0 Å². The van der Waals surface area contributed by atoms with E-state index in [1.165, 1.54) is 0 Å². The van der Waals surface area contributed by atoms with Crippen molar-refractivity contribution >= 4 is 10.0 Å². The Bertz CT molecular complexity index is 304. The summed E-state index contributed by atoms with van der Waals surface area (Å²) in [6.07, 6.45) is 0. The minimum Gasteiger partial charge on any atom is -0.383 e. The quantitative estimate of drug-likeness (QED) is 0.646. The molecule has 0 amide bonds. The molecule has 0 aliphatic carbocycles. The van der Waals surface area contributed by atoms with Crippen LogP contribution in [0.2, 0.25) is 0 Å². The fraction of sp³-hybridized carbons (Fsp3) is 1.00. The molecule has 0 aromatic heterocycles. The van der Waals surface area contributed by atoms with Gasteiger partial charge in [-0.1, -0.05) is 20.8 Å². The number of ether oxygens (including phenoxy) is 1. The van der Waals surface area contributed by atoms with E-state index in [2.05, 4.69) is 5.32 Å². The first-order valence-electron chi connectivity index (χ1n) is 6.54. The van der Waals surface area contributed by atoms with Crippen molar-refractivity contribution in [3.63, 3.8) is 0 Å². The Kier molecular flexibility index (Phi) is 8.77. The number of sulfonamides is 1. The van der Waals surface area contributed by atoms with Crippen LogP contribution in [0.4, 0.5) is 0 Å². The van der Waals surface area contributed by atoms with Crippen LogP contribution in [0.25, 0.3) is 0 Å². The summed E-state index contributed by atoms with van der Waals surface area (Å²) in [7, 11) is -1.66. The first-order valence-corrected chi connectivity index (χ1v) is 8.05. The number of methoxy groups -OCH3 is 1. The molecule has 0 aliphatic rings. The molecule has 0 fully saturated rings. The van der Waals surface area contributed by atoms with Gasteiger partial charge >= 0.3 is 0 Å². The van der Waals surface area contributed by atoms with Gasteiger partial charge in [-0.05, 0) is 19.4 Å². The Morgan fingerprint density at radius 3 is 2.33 bits per heavy atom. The number of hydrogen-bond donors (Lipinski definition) is 1. The highest BCUT2D eigenvalue weighted by Gasteiger charge is 2.28. The highest BCUT2D eigenvalue weighted by atomic mass is 32.2. The summed E-state index contributed by atoms with van der Waals surface area (Å²) in [6, 6.07) is 0. The molecule has 0 aliphatic heterocycles. The van der Waals surface area contributed by atoms with Crippen LogP contribution in [-0.2, 0) is 14.8 Å². The molecule has 0 saturated heterocycles. The Morgan fingerprint density at radius 1 is 1.28 bits per heavy atom. The third kappa shape index (κ3) is 6.13. The summed E-state index contributed by atoms with van der Waals surface area (Å²) in [5.41, 5.74) is 0. The van der Waals surface area contributed by atoms with Crippen LogP contribution in [0.3, 0.4) is 0 Å². The lowest BCUT2D eigenvalue weighted by molar-refractivity contribution is 0.175. The summed E-state index contributed by atoms with van der Waals surface area (Å²) in [5.74, 6) is 0.308. The average molecular weight is 280 g/mol. The van der Waals surface area contributed by atoms with Crippen LogP contribution in [0.1, 0.15) is 27.7 Å². The molecular weight excluding hydrogens is 252 g/mol. The van der Waals surface area contributed by atoms with E-state index in [9.17, 15) is 8.42 Å². The molecule has 1 N–H and O–H groups in total. The van der Waals surface area contributed by atoms with Crippen molar-refractivity contribution in [2.45, 2.75) is 32.9 Å². The molecule has 0 bridgehead atoms.